The fourth-order valence-electron chi connectivity index (χ4n) is 1.96. The molecule has 0 saturated carbocycles. The van der Waals surface area contributed by atoms with E-state index in [2.05, 4.69) is 41.8 Å². The van der Waals surface area contributed by atoms with Crippen LogP contribution < -0.4 is 0 Å². The van der Waals surface area contributed by atoms with Crippen molar-refractivity contribution in [2.45, 2.75) is 32.8 Å². The quantitative estimate of drug-likeness (QED) is 0.892. The summed E-state index contributed by atoms with van der Waals surface area (Å²) in [5.74, 6) is 0. The van der Waals surface area contributed by atoms with Crippen LogP contribution in [0.3, 0.4) is 0 Å². The van der Waals surface area contributed by atoms with Gasteiger partial charge in [-0.2, -0.15) is 5.10 Å². The number of benzene rings is 1. The van der Waals surface area contributed by atoms with Crippen molar-refractivity contribution in [1.82, 2.24) is 9.78 Å². The van der Waals surface area contributed by atoms with Gasteiger partial charge in [0.2, 0.25) is 0 Å². The summed E-state index contributed by atoms with van der Waals surface area (Å²) >= 11 is 9.85. The Hall–Kier alpha value is -0.840. The van der Waals surface area contributed by atoms with Gasteiger partial charge in [0.05, 0.1) is 18.0 Å². The number of aromatic nitrogens is 2. The third kappa shape index (κ3) is 2.71. The molecule has 2 rings (SSSR count). The highest BCUT2D eigenvalue weighted by Gasteiger charge is 2.26. The van der Waals surface area contributed by atoms with Crippen molar-refractivity contribution in [3.05, 3.63) is 45.1 Å². The topological polar surface area (TPSA) is 38.0 Å². The summed E-state index contributed by atoms with van der Waals surface area (Å²) in [6.45, 7) is 6.04. The average molecular weight is 344 g/mol. The minimum Gasteiger partial charge on any atom is -0.391 e. The number of rotatable bonds is 2. The molecule has 102 valence electrons. The van der Waals surface area contributed by atoms with Crippen LogP contribution in [0.15, 0.2) is 28.7 Å². The van der Waals surface area contributed by atoms with Gasteiger partial charge in [0, 0.05) is 15.5 Å². The van der Waals surface area contributed by atoms with E-state index in [1.54, 1.807) is 4.68 Å². The van der Waals surface area contributed by atoms with E-state index in [0.717, 1.165) is 15.9 Å². The van der Waals surface area contributed by atoms with E-state index in [9.17, 15) is 5.11 Å². The zero-order valence-corrected chi connectivity index (χ0v) is 13.5. The van der Waals surface area contributed by atoms with Gasteiger partial charge in [-0.3, -0.25) is 0 Å². The number of aliphatic hydroxyl groups is 1. The molecule has 0 saturated heterocycles. The third-order valence-corrected chi connectivity index (χ3v) is 3.93. The standard InChI is InChI=1S/C14H16BrClN2O/c1-14(2,3)12-9(8-19)13(16)18(17-12)11-7-5-4-6-10(11)15/h4-7,19H,8H2,1-3H3. The molecule has 1 heterocycles. The predicted octanol–water partition coefficient (Wildman–Crippen LogP) is 4.08. The van der Waals surface area contributed by atoms with Crippen LogP contribution in [-0.2, 0) is 12.0 Å². The first-order valence-electron chi connectivity index (χ1n) is 6.00. The maximum absolute atomic E-state index is 9.54. The Morgan fingerprint density at radius 1 is 1.32 bits per heavy atom. The van der Waals surface area contributed by atoms with Crippen molar-refractivity contribution in [3.8, 4) is 5.69 Å². The van der Waals surface area contributed by atoms with Crippen LogP contribution in [0, 0.1) is 0 Å². The van der Waals surface area contributed by atoms with Crippen molar-refractivity contribution >= 4 is 27.5 Å². The number of hydrogen-bond donors (Lipinski definition) is 1. The highest BCUT2D eigenvalue weighted by atomic mass is 79.9. The molecule has 0 atom stereocenters. The number of nitrogens with zero attached hydrogens (tertiary/aromatic N) is 2. The second kappa shape index (κ2) is 5.27. The fourth-order valence-corrected chi connectivity index (χ4v) is 2.69. The van der Waals surface area contributed by atoms with Gasteiger partial charge >= 0.3 is 0 Å². The Labute approximate surface area is 126 Å². The van der Waals surface area contributed by atoms with Gasteiger partial charge in [0.15, 0.2) is 0 Å². The zero-order chi connectivity index (χ0) is 14.2. The summed E-state index contributed by atoms with van der Waals surface area (Å²) in [7, 11) is 0. The molecule has 0 aliphatic rings. The van der Waals surface area contributed by atoms with Gasteiger partial charge in [-0.25, -0.2) is 4.68 Å². The Kier molecular flexibility index (Phi) is 4.04. The summed E-state index contributed by atoms with van der Waals surface area (Å²) in [5, 5.41) is 14.6. The second-order valence-electron chi connectivity index (χ2n) is 5.39. The van der Waals surface area contributed by atoms with Gasteiger partial charge in [-0.15, -0.1) is 0 Å². The van der Waals surface area contributed by atoms with Crippen LogP contribution in [0.1, 0.15) is 32.0 Å². The van der Waals surface area contributed by atoms with Crippen molar-refractivity contribution in [1.29, 1.82) is 0 Å². The highest BCUT2D eigenvalue weighted by Crippen LogP contribution is 2.33. The van der Waals surface area contributed by atoms with E-state index in [1.165, 1.54) is 0 Å². The summed E-state index contributed by atoms with van der Waals surface area (Å²) in [5.41, 5.74) is 2.19. The summed E-state index contributed by atoms with van der Waals surface area (Å²) < 4.78 is 2.57. The number of halogens is 2. The molecule has 0 spiro atoms. The summed E-state index contributed by atoms with van der Waals surface area (Å²) in [6, 6.07) is 7.72. The Morgan fingerprint density at radius 2 is 1.95 bits per heavy atom. The first-order chi connectivity index (χ1) is 8.86. The van der Waals surface area contributed by atoms with E-state index >= 15 is 0 Å². The Morgan fingerprint density at radius 3 is 2.42 bits per heavy atom. The van der Waals surface area contributed by atoms with Gasteiger partial charge in [-0.1, -0.05) is 44.5 Å². The minimum atomic E-state index is -0.172. The monoisotopic (exact) mass is 342 g/mol. The second-order valence-corrected chi connectivity index (χ2v) is 6.60. The molecule has 0 aliphatic heterocycles. The molecule has 19 heavy (non-hydrogen) atoms. The lowest BCUT2D eigenvalue weighted by molar-refractivity contribution is 0.278. The average Bonchev–Trinajstić information content (AvgIpc) is 2.67. The molecule has 1 aromatic carbocycles. The normalized spacial score (nSPS) is 11.9. The largest absolute Gasteiger partial charge is 0.391 e. The molecule has 1 aromatic heterocycles. The molecule has 5 heteroatoms. The number of para-hydroxylation sites is 1. The zero-order valence-electron chi connectivity index (χ0n) is 11.1. The molecule has 0 amide bonds. The molecule has 0 bridgehead atoms. The molecular weight excluding hydrogens is 328 g/mol. The predicted molar refractivity (Wildman–Crippen MR) is 80.9 cm³/mol. The lowest BCUT2D eigenvalue weighted by Gasteiger charge is -2.16. The van der Waals surface area contributed by atoms with Gasteiger partial charge in [-0.05, 0) is 28.1 Å². The SMILES string of the molecule is CC(C)(C)c1nn(-c2ccccc2Br)c(Cl)c1CO. The smallest absolute Gasteiger partial charge is 0.138 e. The molecule has 0 unspecified atom stereocenters. The molecule has 3 nitrogen and oxygen atoms in total. The summed E-state index contributed by atoms with van der Waals surface area (Å²) in [6.07, 6.45) is 0. The van der Waals surface area contributed by atoms with Gasteiger partial charge in [0.1, 0.15) is 5.15 Å². The lowest BCUT2D eigenvalue weighted by Crippen LogP contribution is -2.15. The van der Waals surface area contributed by atoms with E-state index in [-0.39, 0.29) is 12.0 Å². The minimum absolute atomic E-state index is 0.115. The van der Waals surface area contributed by atoms with E-state index in [4.69, 9.17) is 11.6 Å². The summed E-state index contributed by atoms with van der Waals surface area (Å²) in [4.78, 5) is 0. The van der Waals surface area contributed by atoms with Crippen LogP contribution in [0.25, 0.3) is 5.69 Å². The van der Waals surface area contributed by atoms with Gasteiger partial charge in [0.25, 0.3) is 0 Å². The molecule has 0 aliphatic carbocycles. The van der Waals surface area contributed by atoms with Crippen molar-refractivity contribution in [2.75, 3.05) is 0 Å². The fraction of sp³-hybridized carbons (Fsp3) is 0.357. The number of hydrogen-bond acceptors (Lipinski definition) is 2. The molecule has 0 fully saturated rings. The first kappa shape index (κ1) is 14.6. The first-order valence-corrected chi connectivity index (χ1v) is 7.17. The molecule has 0 radical (unpaired) electrons. The molecule has 2 aromatic rings. The lowest BCUT2D eigenvalue weighted by atomic mass is 9.90. The highest BCUT2D eigenvalue weighted by molar-refractivity contribution is 9.10. The van der Waals surface area contributed by atoms with Crippen molar-refractivity contribution in [2.24, 2.45) is 0 Å². The Balaban J connectivity index is 2.67. The maximum Gasteiger partial charge on any atom is 0.138 e. The van der Waals surface area contributed by atoms with E-state index in [0.29, 0.717) is 10.7 Å². The van der Waals surface area contributed by atoms with Crippen LogP contribution in [0.4, 0.5) is 0 Å². The van der Waals surface area contributed by atoms with Crippen LogP contribution >= 0.6 is 27.5 Å². The number of aliphatic hydroxyl groups excluding tert-OH is 1. The maximum atomic E-state index is 9.54. The van der Waals surface area contributed by atoms with E-state index < -0.39 is 0 Å². The Bertz CT molecular complexity index is 602. The van der Waals surface area contributed by atoms with Crippen molar-refractivity contribution < 1.29 is 5.11 Å². The van der Waals surface area contributed by atoms with Gasteiger partial charge < -0.3 is 5.11 Å². The van der Waals surface area contributed by atoms with Crippen LogP contribution in [-0.4, -0.2) is 14.9 Å². The van der Waals surface area contributed by atoms with Crippen LogP contribution in [0.5, 0.6) is 0 Å². The van der Waals surface area contributed by atoms with Crippen LogP contribution in [0.2, 0.25) is 5.15 Å². The van der Waals surface area contributed by atoms with Crippen molar-refractivity contribution in [3.63, 3.8) is 0 Å². The molecule has 1 N–H and O–H groups in total. The third-order valence-electron chi connectivity index (χ3n) is 2.87. The van der Waals surface area contributed by atoms with E-state index in [1.807, 2.05) is 24.3 Å². The molecular formula is C14H16BrClN2O.